The Hall–Kier alpha value is -2.83. The maximum atomic E-state index is 11.6. The first-order chi connectivity index (χ1) is 9.66. The topological polar surface area (TPSA) is 110 Å². The van der Waals surface area contributed by atoms with Gasteiger partial charge in [-0.25, -0.2) is 0 Å². The number of amides is 2. The van der Waals surface area contributed by atoms with E-state index < -0.39 is 5.91 Å². The Bertz CT molecular complexity index is 595. The Kier molecular flexibility index (Phi) is 4.33. The molecule has 2 rings (SSSR count). The van der Waals surface area contributed by atoms with Gasteiger partial charge < -0.3 is 20.8 Å². The van der Waals surface area contributed by atoms with E-state index in [1.165, 1.54) is 12.5 Å². The third kappa shape index (κ3) is 3.58. The van der Waals surface area contributed by atoms with E-state index in [1.54, 1.807) is 24.3 Å². The quantitative estimate of drug-likeness (QED) is 0.669. The molecule has 0 aliphatic heterocycles. The maximum Gasteiger partial charge on any atom is 0.287 e. The van der Waals surface area contributed by atoms with Crippen molar-refractivity contribution < 1.29 is 14.0 Å². The van der Waals surface area contributed by atoms with Gasteiger partial charge in [0.15, 0.2) is 5.76 Å². The lowest BCUT2D eigenvalue weighted by Gasteiger charge is -2.07. The normalized spacial score (nSPS) is 10.0. The second-order valence-electron chi connectivity index (χ2n) is 3.95. The molecular weight excluding hydrogens is 260 g/mol. The number of rotatable bonds is 6. The van der Waals surface area contributed by atoms with E-state index in [9.17, 15) is 9.59 Å². The molecule has 4 N–H and O–H groups in total. The summed E-state index contributed by atoms with van der Waals surface area (Å²) in [6, 6.07) is 6.50. The van der Waals surface area contributed by atoms with E-state index in [2.05, 4.69) is 15.6 Å². The summed E-state index contributed by atoms with van der Waals surface area (Å²) in [5.74, 6) is -0.589. The summed E-state index contributed by atoms with van der Waals surface area (Å²) in [4.78, 5) is 26.4. The van der Waals surface area contributed by atoms with Gasteiger partial charge in [0.05, 0.1) is 6.26 Å². The predicted molar refractivity (Wildman–Crippen MR) is 72.3 cm³/mol. The van der Waals surface area contributed by atoms with Crippen LogP contribution in [0, 0.1) is 0 Å². The Labute approximate surface area is 115 Å². The summed E-state index contributed by atoms with van der Waals surface area (Å²) in [7, 11) is 0. The van der Waals surface area contributed by atoms with E-state index in [4.69, 9.17) is 10.2 Å². The molecule has 2 heterocycles. The lowest BCUT2D eigenvalue weighted by atomic mass is 10.3. The third-order valence-corrected chi connectivity index (χ3v) is 2.50. The van der Waals surface area contributed by atoms with Gasteiger partial charge in [0, 0.05) is 25.0 Å². The highest BCUT2D eigenvalue weighted by Crippen LogP contribution is 2.06. The van der Waals surface area contributed by atoms with Gasteiger partial charge in [-0.2, -0.15) is 0 Å². The van der Waals surface area contributed by atoms with E-state index in [-0.39, 0.29) is 17.4 Å². The van der Waals surface area contributed by atoms with E-state index in [1.807, 2.05) is 0 Å². The molecule has 0 aromatic carbocycles. The van der Waals surface area contributed by atoms with Crippen molar-refractivity contribution in [3.8, 4) is 0 Å². The molecule has 0 unspecified atom stereocenters. The molecule has 104 valence electrons. The number of nitrogens with one attached hydrogen (secondary N) is 2. The summed E-state index contributed by atoms with van der Waals surface area (Å²) in [6.45, 7) is 0.905. The second-order valence-corrected chi connectivity index (χ2v) is 3.95. The number of hydrogen-bond acceptors (Lipinski definition) is 5. The second kappa shape index (κ2) is 6.37. The fourth-order valence-corrected chi connectivity index (χ4v) is 1.55. The molecule has 2 aromatic rings. The van der Waals surface area contributed by atoms with Crippen molar-refractivity contribution in [3.05, 3.63) is 48.2 Å². The Morgan fingerprint density at radius 1 is 1.30 bits per heavy atom. The van der Waals surface area contributed by atoms with Crippen LogP contribution in [-0.2, 0) is 0 Å². The molecule has 20 heavy (non-hydrogen) atoms. The molecule has 0 saturated carbocycles. The first-order valence-corrected chi connectivity index (χ1v) is 5.98. The van der Waals surface area contributed by atoms with Gasteiger partial charge in [0.25, 0.3) is 11.8 Å². The molecule has 0 aliphatic carbocycles. The molecule has 0 radical (unpaired) electrons. The van der Waals surface area contributed by atoms with Crippen LogP contribution in [-0.4, -0.2) is 29.9 Å². The zero-order chi connectivity index (χ0) is 14.4. The number of carbonyl (C=O) groups excluding carboxylic acids is 2. The van der Waals surface area contributed by atoms with Crippen LogP contribution in [0.5, 0.6) is 0 Å². The summed E-state index contributed by atoms with van der Waals surface area (Å²) >= 11 is 0. The first-order valence-electron chi connectivity index (χ1n) is 5.98. The fraction of sp³-hybridized carbons (Fsp3) is 0.154. The molecule has 0 spiro atoms. The summed E-state index contributed by atoms with van der Waals surface area (Å²) in [5.41, 5.74) is 6.03. The Balaban J connectivity index is 1.77. The minimum Gasteiger partial charge on any atom is -0.459 e. The van der Waals surface area contributed by atoms with Gasteiger partial charge in [0.2, 0.25) is 0 Å². The van der Waals surface area contributed by atoms with Crippen molar-refractivity contribution in [2.24, 2.45) is 5.73 Å². The van der Waals surface area contributed by atoms with E-state index in [0.29, 0.717) is 18.8 Å². The highest BCUT2D eigenvalue weighted by molar-refractivity contribution is 5.92. The van der Waals surface area contributed by atoms with Crippen LogP contribution in [0.25, 0.3) is 0 Å². The molecule has 0 atom stereocenters. The van der Waals surface area contributed by atoms with Crippen molar-refractivity contribution in [2.75, 3.05) is 18.4 Å². The minimum atomic E-state index is -0.584. The largest absolute Gasteiger partial charge is 0.459 e. The number of primary amides is 1. The zero-order valence-electron chi connectivity index (χ0n) is 10.6. The van der Waals surface area contributed by atoms with Gasteiger partial charge in [0.1, 0.15) is 5.69 Å². The van der Waals surface area contributed by atoms with Crippen molar-refractivity contribution in [1.29, 1.82) is 0 Å². The van der Waals surface area contributed by atoms with Crippen LogP contribution in [0.3, 0.4) is 0 Å². The number of nitrogens with two attached hydrogens (primary N) is 1. The van der Waals surface area contributed by atoms with Gasteiger partial charge in [-0.05, 0) is 24.3 Å². The first kappa shape index (κ1) is 13.6. The molecule has 0 bridgehead atoms. The highest BCUT2D eigenvalue weighted by atomic mass is 16.3. The molecule has 0 saturated heterocycles. The molecule has 2 aromatic heterocycles. The lowest BCUT2D eigenvalue weighted by molar-refractivity contribution is 0.0926. The van der Waals surface area contributed by atoms with Crippen molar-refractivity contribution in [3.63, 3.8) is 0 Å². The van der Waals surface area contributed by atoms with Gasteiger partial charge >= 0.3 is 0 Å². The number of pyridine rings is 1. The van der Waals surface area contributed by atoms with Crippen LogP contribution in [0.2, 0.25) is 0 Å². The van der Waals surface area contributed by atoms with Crippen LogP contribution < -0.4 is 16.4 Å². The predicted octanol–water partition coefficient (Wildman–Crippen LogP) is 0.615. The number of aromatic nitrogens is 1. The van der Waals surface area contributed by atoms with Crippen LogP contribution in [0.4, 0.5) is 5.69 Å². The monoisotopic (exact) mass is 274 g/mol. The average Bonchev–Trinajstić information content (AvgIpc) is 2.98. The van der Waals surface area contributed by atoms with Crippen molar-refractivity contribution in [2.45, 2.75) is 0 Å². The molecule has 0 aliphatic rings. The maximum absolute atomic E-state index is 11.6. The minimum absolute atomic E-state index is 0.189. The van der Waals surface area contributed by atoms with Crippen LogP contribution in [0.1, 0.15) is 21.0 Å². The molecule has 7 nitrogen and oxygen atoms in total. The van der Waals surface area contributed by atoms with E-state index >= 15 is 0 Å². The summed E-state index contributed by atoms with van der Waals surface area (Å²) < 4.78 is 4.96. The number of anilines is 1. The van der Waals surface area contributed by atoms with Crippen molar-refractivity contribution >= 4 is 17.5 Å². The SMILES string of the molecule is NC(=O)c1cc(NCCNC(=O)c2ccco2)ccn1. The van der Waals surface area contributed by atoms with Crippen LogP contribution in [0.15, 0.2) is 41.1 Å². The average molecular weight is 274 g/mol. The van der Waals surface area contributed by atoms with Gasteiger partial charge in [-0.15, -0.1) is 0 Å². The van der Waals surface area contributed by atoms with Crippen LogP contribution >= 0.6 is 0 Å². The smallest absolute Gasteiger partial charge is 0.287 e. The molecule has 0 fully saturated rings. The number of furan rings is 1. The lowest BCUT2D eigenvalue weighted by Crippen LogP contribution is -2.28. The van der Waals surface area contributed by atoms with Crippen molar-refractivity contribution in [1.82, 2.24) is 10.3 Å². The number of hydrogen-bond donors (Lipinski definition) is 3. The Morgan fingerprint density at radius 2 is 2.15 bits per heavy atom. The van der Waals surface area contributed by atoms with Gasteiger partial charge in [-0.1, -0.05) is 0 Å². The fourth-order valence-electron chi connectivity index (χ4n) is 1.55. The van der Waals surface area contributed by atoms with Gasteiger partial charge in [-0.3, -0.25) is 14.6 Å². The Morgan fingerprint density at radius 3 is 2.85 bits per heavy atom. The summed E-state index contributed by atoms with van der Waals surface area (Å²) in [6.07, 6.45) is 2.93. The number of carbonyl (C=O) groups is 2. The zero-order valence-corrected chi connectivity index (χ0v) is 10.6. The molecule has 7 heteroatoms. The molecular formula is C13H14N4O3. The number of nitrogens with zero attached hydrogens (tertiary/aromatic N) is 1. The summed E-state index contributed by atoms with van der Waals surface area (Å²) in [5, 5.41) is 5.74. The van der Waals surface area contributed by atoms with E-state index in [0.717, 1.165) is 0 Å². The molecule has 2 amide bonds. The third-order valence-electron chi connectivity index (χ3n) is 2.50. The standard InChI is InChI=1S/C13H14N4O3/c14-12(18)10-8-9(3-4-16-10)15-5-6-17-13(19)11-2-1-7-20-11/h1-4,7-8H,5-6H2,(H2,14,18)(H,15,16)(H,17,19). The highest BCUT2D eigenvalue weighted by Gasteiger charge is 2.07.